The van der Waals surface area contributed by atoms with E-state index in [4.69, 9.17) is 9.47 Å². The van der Waals surface area contributed by atoms with E-state index in [1.807, 2.05) is 0 Å². The average molecular weight is 292 g/mol. The van der Waals surface area contributed by atoms with Crippen molar-refractivity contribution in [2.45, 2.75) is 32.4 Å². The van der Waals surface area contributed by atoms with Gasteiger partial charge < -0.3 is 19.7 Å². The molecular weight excluding hydrogens is 264 g/mol. The molecule has 1 N–H and O–H groups in total. The first-order valence-electron chi connectivity index (χ1n) is 7.69. The maximum Gasteiger partial charge on any atom is 0.123 e. The molecule has 1 aromatic carbocycles. The highest BCUT2D eigenvalue weighted by Gasteiger charge is 2.29. The van der Waals surface area contributed by atoms with E-state index >= 15 is 0 Å². The fourth-order valence-electron chi connectivity index (χ4n) is 2.63. The number of hydrogen-bond acceptors (Lipinski definition) is 4. The molecule has 1 aliphatic rings. The van der Waals surface area contributed by atoms with Crippen LogP contribution < -0.4 is 10.1 Å². The zero-order valence-electron chi connectivity index (χ0n) is 13.7. The Morgan fingerprint density at radius 3 is 2.90 bits per heavy atom. The normalized spacial score (nSPS) is 16.0. The van der Waals surface area contributed by atoms with Gasteiger partial charge in [-0.15, -0.1) is 0 Å². The molecule has 118 valence electrons. The maximum atomic E-state index is 5.90. The van der Waals surface area contributed by atoms with Gasteiger partial charge in [0.1, 0.15) is 11.4 Å². The molecule has 0 spiro atoms. The van der Waals surface area contributed by atoms with Crippen molar-refractivity contribution in [3.63, 3.8) is 0 Å². The number of methoxy groups -OCH3 is 1. The highest BCUT2D eigenvalue weighted by atomic mass is 16.5. The Hall–Kier alpha value is -1.10. The van der Waals surface area contributed by atoms with Gasteiger partial charge in [0.15, 0.2) is 0 Å². The van der Waals surface area contributed by atoms with Gasteiger partial charge in [-0.05, 0) is 38.1 Å². The fraction of sp³-hybridized carbons (Fsp3) is 0.647. The van der Waals surface area contributed by atoms with Gasteiger partial charge in [0.05, 0.1) is 6.61 Å². The summed E-state index contributed by atoms with van der Waals surface area (Å²) in [7, 11) is 3.86. The summed E-state index contributed by atoms with van der Waals surface area (Å²) in [5.74, 6) is 1.04. The van der Waals surface area contributed by atoms with Crippen molar-refractivity contribution in [3.05, 3.63) is 29.3 Å². The predicted octanol–water partition coefficient (Wildman–Crippen LogP) is 2.07. The third kappa shape index (κ3) is 4.99. The van der Waals surface area contributed by atoms with Crippen LogP contribution in [0.5, 0.6) is 5.75 Å². The van der Waals surface area contributed by atoms with E-state index in [0.717, 1.165) is 45.0 Å². The van der Waals surface area contributed by atoms with Gasteiger partial charge in [-0.25, -0.2) is 0 Å². The summed E-state index contributed by atoms with van der Waals surface area (Å²) in [4.78, 5) is 2.27. The molecule has 0 unspecified atom stereocenters. The number of nitrogens with one attached hydrogen (secondary N) is 1. The van der Waals surface area contributed by atoms with Gasteiger partial charge in [0.25, 0.3) is 0 Å². The van der Waals surface area contributed by atoms with Crippen LogP contribution in [-0.2, 0) is 17.7 Å². The van der Waals surface area contributed by atoms with E-state index in [9.17, 15) is 0 Å². The maximum absolute atomic E-state index is 5.90. The minimum atomic E-state index is -0.0571. The lowest BCUT2D eigenvalue weighted by molar-refractivity contribution is 0.138. The van der Waals surface area contributed by atoms with Crippen LogP contribution in [-0.4, -0.2) is 50.9 Å². The SMILES string of the molecule is COCCN(C)CCNCc1ccc2c(c1)CC(C)(C)O2. The molecule has 0 atom stereocenters. The molecule has 0 radical (unpaired) electrons. The highest BCUT2D eigenvalue weighted by Crippen LogP contribution is 2.35. The molecule has 2 rings (SSSR count). The van der Waals surface area contributed by atoms with Gasteiger partial charge in [0, 0.05) is 39.7 Å². The summed E-state index contributed by atoms with van der Waals surface area (Å²) >= 11 is 0. The average Bonchev–Trinajstić information content (AvgIpc) is 2.74. The fourth-order valence-corrected chi connectivity index (χ4v) is 2.63. The van der Waals surface area contributed by atoms with Gasteiger partial charge in [-0.1, -0.05) is 12.1 Å². The molecule has 4 heteroatoms. The minimum Gasteiger partial charge on any atom is -0.487 e. The van der Waals surface area contributed by atoms with Crippen LogP contribution >= 0.6 is 0 Å². The molecule has 1 heterocycles. The van der Waals surface area contributed by atoms with Crippen LogP contribution in [0.4, 0.5) is 0 Å². The Bertz CT molecular complexity index is 460. The molecule has 0 saturated carbocycles. The first-order chi connectivity index (χ1) is 10.00. The molecule has 4 nitrogen and oxygen atoms in total. The second-order valence-electron chi connectivity index (χ2n) is 6.45. The van der Waals surface area contributed by atoms with Crippen molar-refractivity contribution in [1.29, 1.82) is 0 Å². The number of benzene rings is 1. The number of rotatable bonds is 8. The monoisotopic (exact) mass is 292 g/mol. The van der Waals surface area contributed by atoms with E-state index in [2.05, 4.69) is 49.3 Å². The standard InChI is InChI=1S/C17H28N2O2/c1-17(2)12-15-11-14(5-6-16(15)21-17)13-18-7-8-19(3)9-10-20-4/h5-6,11,18H,7-10,12-13H2,1-4H3. The summed E-state index contributed by atoms with van der Waals surface area (Å²) in [5, 5.41) is 3.50. The first kappa shape index (κ1) is 16.3. The Morgan fingerprint density at radius 2 is 2.14 bits per heavy atom. The van der Waals surface area contributed by atoms with Crippen molar-refractivity contribution in [1.82, 2.24) is 10.2 Å². The number of ether oxygens (including phenoxy) is 2. The molecule has 0 aliphatic carbocycles. The number of fused-ring (bicyclic) bond motifs is 1. The van der Waals surface area contributed by atoms with Crippen molar-refractivity contribution < 1.29 is 9.47 Å². The lowest BCUT2D eigenvalue weighted by Crippen LogP contribution is -2.31. The molecule has 1 aromatic rings. The Kier molecular flexibility index (Phi) is 5.62. The van der Waals surface area contributed by atoms with Crippen LogP contribution in [0.25, 0.3) is 0 Å². The summed E-state index contributed by atoms with van der Waals surface area (Å²) in [6.07, 6.45) is 0.996. The van der Waals surface area contributed by atoms with Crippen molar-refractivity contribution in [3.8, 4) is 5.75 Å². The number of likely N-dealkylation sites (N-methyl/N-ethyl adjacent to an activating group) is 1. The third-order valence-electron chi connectivity index (χ3n) is 3.80. The molecule has 0 aromatic heterocycles. The third-order valence-corrected chi connectivity index (χ3v) is 3.80. The van der Waals surface area contributed by atoms with E-state index in [1.165, 1.54) is 11.1 Å². The van der Waals surface area contributed by atoms with Gasteiger partial charge in [-0.3, -0.25) is 0 Å². The van der Waals surface area contributed by atoms with Crippen LogP contribution in [0.3, 0.4) is 0 Å². The lowest BCUT2D eigenvalue weighted by Gasteiger charge is -2.16. The molecular formula is C17H28N2O2. The predicted molar refractivity (Wildman–Crippen MR) is 85.9 cm³/mol. The van der Waals surface area contributed by atoms with Crippen LogP contribution in [0, 0.1) is 0 Å². The summed E-state index contributed by atoms with van der Waals surface area (Å²) < 4.78 is 11.0. The van der Waals surface area contributed by atoms with Crippen molar-refractivity contribution in [2.75, 3.05) is 40.4 Å². The minimum absolute atomic E-state index is 0.0571. The van der Waals surface area contributed by atoms with Crippen LogP contribution in [0.15, 0.2) is 18.2 Å². The van der Waals surface area contributed by atoms with E-state index in [0.29, 0.717) is 0 Å². The van der Waals surface area contributed by atoms with Gasteiger partial charge in [-0.2, -0.15) is 0 Å². The Morgan fingerprint density at radius 1 is 1.33 bits per heavy atom. The Labute approximate surface area is 128 Å². The van der Waals surface area contributed by atoms with Crippen molar-refractivity contribution >= 4 is 0 Å². The Balaban J connectivity index is 1.73. The molecule has 0 fully saturated rings. The van der Waals surface area contributed by atoms with Crippen LogP contribution in [0.1, 0.15) is 25.0 Å². The molecule has 0 amide bonds. The van der Waals surface area contributed by atoms with E-state index in [1.54, 1.807) is 7.11 Å². The van der Waals surface area contributed by atoms with Gasteiger partial charge >= 0.3 is 0 Å². The lowest BCUT2D eigenvalue weighted by atomic mass is 10.0. The van der Waals surface area contributed by atoms with E-state index < -0.39 is 0 Å². The smallest absolute Gasteiger partial charge is 0.123 e. The summed E-state index contributed by atoms with van der Waals surface area (Å²) in [6.45, 7) is 8.97. The molecule has 1 aliphatic heterocycles. The van der Waals surface area contributed by atoms with Gasteiger partial charge in [0.2, 0.25) is 0 Å². The molecule has 21 heavy (non-hydrogen) atoms. The van der Waals surface area contributed by atoms with E-state index in [-0.39, 0.29) is 5.60 Å². The zero-order valence-corrected chi connectivity index (χ0v) is 13.7. The second kappa shape index (κ2) is 7.25. The quantitative estimate of drug-likeness (QED) is 0.744. The summed E-state index contributed by atoms with van der Waals surface area (Å²) in [6, 6.07) is 6.53. The molecule has 0 bridgehead atoms. The zero-order chi connectivity index (χ0) is 15.3. The topological polar surface area (TPSA) is 33.7 Å². The highest BCUT2D eigenvalue weighted by molar-refractivity contribution is 5.41. The van der Waals surface area contributed by atoms with Crippen molar-refractivity contribution in [2.24, 2.45) is 0 Å². The van der Waals surface area contributed by atoms with Crippen LogP contribution in [0.2, 0.25) is 0 Å². The number of hydrogen-bond donors (Lipinski definition) is 1. The number of nitrogens with zero attached hydrogens (tertiary/aromatic N) is 1. The summed E-state index contributed by atoms with van der Waals surface area (Å²) in [5.41, 5.74) is 2.60. The second-order valence-corrected chi connectivity index (χ2v) is 6.45. The largest absolute Gasteiger partial charge is 0.487 e. The first-order valence-corrected chi connectivity index (χ1v) is 7.69. The molecule has 0 saturated heterocycles.